The van der Waals surface area contributed by atoms with Crippen LogP contribution in [0.3, 0.4) is 0 Å². The number of aromatic amines is 1. The van der Waals surface area contributed by atoms with Gasteiger partial charge in [-0.15, -0.1) is 10.2 Å². The number of rotatable bonds is 11. The minimum Gasteiger partial charge on any atom is -0.460 e. The minimum atomic E-state index is -0.955. The third-order valence-corrected chi connectivity index (χ3v) is 6.25. The first-order chi connectivity index (χ1) is 19.0. The number of carbonyl (C=O) groups is 5. The van der Waals surface area contributed by atoms with Crippen LogP contribution in [0.15, 0.2) is 0 Å². The van der Waals surface area contributed by atoms with E-state index < -0.39 is 60.1 Å². The van der Waals surface area contributed by atoms with Gasteiger partial charge in [0.1, 0.15) is 23.8 Å². The van der Waals surface area contributed by atoms with Crippen LogP contribution in [0, 0.1) is 11.3 Å². The Hall–Kier alpha value is -3.78. The summed E-state index contributed by atoms with van der Waals surface area (Å²) in [4.78, 5) is 65.4. The van der Waals surface area contributed by atoms with E-state index in [9.17, 15) is 24.0 Å². The maximum Gasteiger partial charge on any atom is 0.408 e. The molecule has 4 atom stereocenters. The molecule has 4 N–H and O–H groups in total. The predicted octanol–water partition coefficient (Wildman–Crippen LogP) is 0.820. The van der Waals surface area contributed by atoms with Gasteiger partial charge in [0.2, 0.25) is 17.7 Å². The Morgan fingerprint density at radius 3 is 2.34 bits per heavy atom. The van der Waals surface area contributed by atoms with Gasteiger partial charge in [0.25, 0.3) is 0 Å². The molecule has 0 saturated carbocycles. The fourth-order valence-electron chi connectivity index (χ4n) is 4.12. The molecular weight excluding hydrogens is 536 g/mol. The van der Waals surface area contributed by atoms with Crippen molar-refractivity contribution in [1.29, 1.82) is 0 Å². The van der Waals surface area contributed by atoms with Gasteiger partial charge in [-0.25, -0.2) is 4.79 Å². The molecule has 41 heavy (non-hydrogen) atoms. The van der Waals surface area contributed by atoms with E-state index in [0.717, 1.165) is 0 Å². The van der Waals surface area contributed by atoms with Crippen molar-refractivity contribution >= 4 is 29.8 Å². The van der Waals surface area contributed by atoms with E-state index in [2.05, 4.69) is 36.6 Å². The quantitative estimate of drug-likeness (QED) is 0.272. The van der Waals surface area contributed by atoms with Crippen LogP contribution in [0.5, 0.6) is 0 Å². The number of hydrogen-bond donors (Lipinski definition) is 4. The lowest BCUT2D eigenvalue weighted by Gasteiger charge is -2.27. The van der Waals surface area contributed by atoms with E-state index in [1.54, 1.807) is 27.7 Å². The number of ether oxygens (including phenoxy) is 2. The summed E-state index contributed by atoms with van der Waals surface area (Å²) in [6, 6.07) is -1.90. The maximum absolute atomic E-state index is 13.3. The SMILES string of the molecule is CC[C@H](C)[C@H](NC(=O)OC(C)(C)C)C(=O)NCC(=O)N1C[C@H](OC(=O)CC(C)(C)C)C[C@H]1C(=O)NCc1nn[nH]n1. The molecule has 15 nitrogen and oxygen atoms in total. The Morgan fingerprint density at radius 2 is 1.78 bits per heavy atom. The van der Waals surface area contributed by atoms with E-state index in [0.29, 0.717) is 6.42 Å². The summed E-state index contributed by atoms with van der Waals surface area (Å²) in [5.41, 5.74) is -1.05. The second-order valence-corrected chi connectivity index (χ2v) is 12.4. The standard InChI is InChI=1S/C26H44N8O7/c1-9-15(2)21(29-24(39)41-26(6,7)8)23(38)28-13-19(35)34-14-16(40-20(36)11-25(3,4)5)10-17(34)22(37)27-12-18-30-32-33-31-18/h15-17,21H,9-14H2,1-8H3,(H,27,37)(H,28,38)(H,29,39)(H,30,31,32,33)/t15-,16+,17-,21-/m0/s1. The molecule has 0 radical (unpaired) electrons. The number of alkyl carbamates (subject to hydrolysis) is 1. The van der Waals surface area contributed by atoms with Crippen molar-refractivity contribution in [3.63, 3.8) is 0 Å². The van der Waals surface area contributed by atoms with Gasteiger partial charge in [-0.05, 0) is 32.1 Å². The highest BCUT2D eigenvalue weighted by molar-refractivity contribution is 5.92. The molecule has 4 amide bonds. The highest BCUT2D eigenvalue weighted by Crippen LogP contribution is 2.24. The zero-order valence-corrected chi connectivity index (χ0v) is 25.2. The maximum atomic E-state index is 13.3. The summed E-state index contributed by atoms with van der Waals surface area (Å²) in [5, 5.41) is 21.1. The highest BCUT2D eigenvalue weighted by atomic mass is 16.6. The topological polar surface area (TPSA) is 198 Å². The van der Waals surface area contributed by atoms with Crippen LogP contribution in [0.4, 0.5) is 4.79 Å². The van der Waals surface area contributed by atoms with Gasteiger partial charge in [-0.2, -0.15) is 5.21 Å². The number of aromatic nitrogens is 4. The van der Waals surface area contributed by atoms with E-state index in [-0.39, 0.29) is 43.1 Å². The summed E-state index contributed by atoms with van der Waals surface area (Å²) >= 11 is 0. The third-order valence-electron chi connectivity index (χ3n) is 6.25. The van der Waals surface area contributed by atoms with E-state index in [4.69, 9.17) is 9.47 Å². The molecule has 1 aromatic rings. The minimum absolute atomic E-state index is 0.0180. The summed E-state index contributed by atoms with van der Waals surface area (Å²) in [6.07, 6.45) is -0.611. The molecule has 230 valence electrons. The number of esters is 1. The first kappa shape index (κ1) is 33.4. The van der Waals surface area contributed by atoms with Crippen molar-refractivity contribution in [2.45, 2.75) is 105 Å². The van der Waals surface area contributed by atoms with Gasteiger partial charge in [0.05, 0.1) is 26.1 Å². The van der Waals surface area contributed by atoms with Crippen molar-refractivity contribution < 1.29 is 33.4 Å². The highest BCUT2D eigenvalue weighted by Gasteiger charge is 2.42. The third kappa shape index (κ3) is 11.3. The van der Waals surface area contributed by atoms with Gasteiger partial charge in [0, 0.05) is 6.42 Å². The van der Waals surface area contributed by atoms with E-state index in [1.165, 1.54) is 4.90 Å². The average molecular weight is 581 g/mol. The summed E-state index contributed by atoms with van der Waals surface area (Å²) in [7, 11) is 0. The molecule has 0 spiro atoms. The number of hydrogen-bond acceptors (Lipinski definition) is 10. The van der Waals surface area contributed by atoms with Crippen LogP contribution >= 0.6 is 0 Å². The molecule has 0 aromatic carbocycles. The first-order valence-corrected chi connectivity index (χ1v) is 13.7. The molecule has 0 aliphatic carbocycles. The Morgan fingerprint density at radius 1 is 1.10 bits per heavy atom. The second-order valence-electron chi connectivity index (χ2n) is 12.4. The van der Waals surface area contributed by atoms with Gasteiger partial charge in [0.15, 0.2) is 5.82 Å². The lowest BCUT2D eigenvalue weighted by Crippen LogP contribution is -2.54. The van der Waals surface area contributed by atoms with Crippen molar-refractivity contribution in [2.75, 3.05) is 13.1 Å². The fourth-order valence-corrected chi connectivity index (χ4v) is 4.12. The van der Waals surface area contributed by atoms with Crippen molar-refractivity contribution in [3.05, 3.63) is 5.82 Å². The number of nitrogens with zero attached hydrogens (tertiary/aromatic N) is 4. The number of carbonyl (C=O) groups excluding carboxylic acids is 5. The van der Waals surface area contributed by atoms with Crippen LogP contribution in [0.2, 0.25) is 0 Å². The summed E-state index contributed by atoms with van der Waals surface area (Å²) < 4.78 is 10.9. The zero-order valence-electron chi connectivity index (χ0n) is 25.2. The Kier molecular flexibility index (Phi) is 11.6. The number of likely N-dealkylation sites (tertiary alicyclic amines) is 1. The fraction of sp³-hybridized carbons (Fsp3) is 0.769. The smallest absolute Gasteiger partial charge is 0.408 e. The molecule has 2 rings (SSSR count). The predicted molar refractivity (Wildman–Crippen MR) is 146 cm³/mol. The van der Waals surface area contributed by atoms with Crippen molar-refractivity contribution in [3.8, 4) is 0 Å². The Labute approximate surface area is 240 Å². The number of amides is 4. The second kappa shape index (κ2) is 14.2. The lowest BCUT2D eigenvalue weighted by molar-refractivity contribution is -0.151. The summed E-state index contributed by atoms with van der Waals surface area (Å²) in [5.74, 6) is -2.03. The summed E-state index contributed by atoms with van der Waals surface area (Å²) in [6.45, 7) is 14.0. The molecule has 1 aliphatic rings. The van der Waals surface area contributed by atoms with E-state index >= 15 is 0 Å². The molecule has 2 heterocycles. The molecule has 1 aromatic heterocycles. The number of nitrogens with one attached hydrogen (secondary N) is 4. The molecule has 1 aliphatic heterocycles. The zero-order chi connectivity index (χ0) is 31.0. The molecule has 0 bridgehead atoms. The van der Waals surface area contributed by atoms with Gasteiger partial charge in [-0.3, -0.25) is 19.2 Å². The Bertz CT molecular complexity index is 1060. The monoisotopic (exact) mass is 580 g/mol. The van der Waals surface area contributed by atoms with Crippen molar-refractivity contribution in [2.24, 2.45) is 11.3 Å². The molecule has 1 fully saturated rings. The normalized spacial score (nSPS) is 18.7. The first-order valence-electron chi connectivity index (χ1n) is 13.7. The van der Waals surface area contributed by atoms with Crippen LogP contribution in [-0.2, 0) is 35.2 Å². The van der Waals surface area contributed by atoms with E-state index in [1.807, 2.05) is 27.7 Å². The molecular formula is C26H44N8O7. The largest absolute Gasteiger partial charge is 0.460 e. The molecule has 0 unspecified atom stereocenters. The molecule has 1 saturated heterocycles. The molecule has 15 heteroatoms. The average Bonchev–Trinajstić information content (AvgIpc) is 3.51. The van der Waals surface area contributed by atoms with Crippen molar-refractivity contribution in [1.82, 2.24) is 41.5 Å². The number of H-pyrrole nitrogens is 1. The van der Waals surface area contributed by atoms with Gasteiger partial charge in [-0.1, -0.05) is 46.3 Å². The van der Waals surface area contributed by atoms with Crippen LogP contribution < -0.4 is 16.0 Å². The van der Waals surface area contributed by atoms with Gasteiger partial charge < -0.3 is 30.3 Å². The van der Waals surface area contributed by atoms with Crippen LogP contribution in [0.25, 0.3) is 0 Å². The number of tetrazole rings is 1. The van der Waals surface area contributed by atoms with Crippen LogP contribution in [-0.4, -0.2) is 92.2 Å². The Balaban J connectivity index is 2.09. The van der Waals surface area contributed by atoms with Crippen LogP contribution in [0.1, 0.15) is 80.5 Å². The van der Waals surface area contributed by atoms with Gasteiger partial charge >= 0.3 is 12.1 Å². The lowest BCUT2D eigenvalue weighted by atomic mass is 9.92.